The van der Waals surface area contributed by atoms with Crippen LogP contribution in [0.25, 0.3) is 0 Å². The number of aromatic amines is 1. The summed E-state index contributed by atoms with van der Waals surface area (Å²) in [6, 6.07) is 4.50. The Balaban J connectivity index is 2.04. The molecule has 1 amide bonds. The molecule has 0 radical (unpaired) electrons. The van der Waals surface area contributed by atoms with E-state index >= 15 is 0 Å². The molecule has 1 aromatic carbocycles. The van der Waals surface area contributed by atoms with Crippen molar-refractivity contribution in [2.45, 2.75) is 46.6 Å². The van der Waals surface area contributed by atoms with E-state index in [-0.39, 0.29) is 24.4 Å². The van der Waals surface area contributed by atoms with Crippen molar-refractivity contribution in [2.24, 2.45) is 0 Å². The van der Waals surface area contributed by atoms with Gasteiger partial charge in [-0.2, -0.15) is 0 Å². The van der Waals surface area contributed by atoms with Crippen LogP contribution in [0, 0.1) is 19.7 Å². The molecule has 26 heavy (non-hydrogen) atoms. The SMILES string of the molecule is CCOC(=O)c1[nH]c(C)c(C(=O)N2c3ccc(F)cc3CCC2C)c1C. The molecular weight excluding hydrogens is 335 g/mol. The van der Waals surface area contributed by atoms with Gasteiger partial charge in [0.2, 0.25) is 0 Å². The summed E-state index contributed by atoms with van der Waals surface area (Å²) >= 11 is 0. The fraction of sp³-hybridized carbons (Fsp3) is 0.400. The van der Waals surface area contributed by atoms with Gasteiger partial charge in [0.05, 0.1) is 12.2 Å². The molecule has 1 atom stereocenters. The normalized spacial score (nSPS) is 16.3. The number of hydrogen-bond acceptors (Lipinski definition) is 3. The third kappa shape index (κ3) is 3.00. The van der Waals surface area contributed by atoms with E-state index in [0.717, 1.165) is 24.1 Å². The van der Waals surface area contributed by atoms with E-state index < -0.39 is 5.97 Å². The van der Waals surface area contributed by atoms with Crippen LogP contribution < -0.4 is 4.90 Å². The minimum absolute atomic E-state index is 0.0137. The number of aryl methyl sites for hydroxylation is 2. The summed E-state index contributed by atoms with van der Waals surface area (Å²) in [6.45, 7) is 7.49. The molecule has 0 fully saturated rings. The zero-order valence-electron chi connectivity index (χ0n) is 15.5. The van der Waals surface area contributed by atoms with Gasteiger partial charge in [-0.25, -0.2) is 9.18 Å². The van der Waals surface area contributed by atoms with Crippen molar-refractivity contribution in [2.75, 3.05) is 11.5 Å². The van der Waals surface area contributed by atoms with Crippen molar-refractivity contribution >= 4 is 17.6 Å². The van der Waals surface area contributed by atoms with Gasteiger partial charge in [-0.05, 0) is 69.9 Å². The molecule has 3 rings (SSSR count). The van der Waals surface area contributed by atoms with Gasteiger partial charge >= 0.3 is 5.97 Å². The molecule has 0 spiro atoms. The zero-order chi connectivity index (χ0) is 19.0. The van der Waals surface area contributed by atoms with Crippen LogP contribution in [0.4, 0.5) is 10.1 Å². The Kier molecular flexibility index (Phi) is 4.85. The second-order valence-electron chi connectivity index (χ2n) is 6.68. The summed E-state index contributed by atoms with van der Waals surface area (Å²) in [4.78, 5) is 30.2. The topological polar surface area (TPSA) is 62.4 Å². The van der Waals surface area contributed by atoms with Crippen LogP contribution in [-0.2, 0) is 11.2 Å². The monoisotopic (exact) mass is 358 g/mol. The number of carbonyl (C=O) groups is 2. The number of amides is 1. The fourth-order valence-corrected chi connectivity index (χ4v) is 3.63. The highest BCUT2D eigenvalue weighted by atomic mass is 19.1. The van der Waals surface area contributed by atoms with E-state index in [1.165, 1.54) is 12.1 Å². The summed E-state index contributed by atoms with van der Waals surface area (Å²) in [7, 11) is 0. The van der Waals surface area contributed by atoms with Crippen LogP contribution in [-0.4, -0.2) is 29.5 Å². The number of rotatable bonds is 3. The number of nitrogens with zero attached hydrogens (tertiary/aromatic N) is 1. The molecule has 0 aliphatic carbocycles. The Labute approximate surface area is 152 Å². The van der Waals surface area contributed by atoms with Gasteiger partial charge in [0, 0.05) is 17.4 Å². The zero-order valence-corrected chi connectivity index (χ0v) is 15.5. The lowest BCUT2D eigenvalue weighted by Gasteiger charge is -2.35. The lowest BCUT2D eigenvalue weighted by atomic mass is 9.95. The molecule has 0 saturated heterocycles. The van der Waals surface area contributed by atoms with E-state index in [0.29, 0.717) is 22.5 Å². The van der Waals surface area contributed by atoms with E-state index in [9.17, 15) is 14.0 Å². The number of H-pyrrole nitrogens is 1. The molecule has 2 aromatic rings. The van der Waals surface area contributed by atoms with Gasteiger partial charge in [0.1, 0.15) is 11.5 Å². The molecule has 1 N–H and O–H groups in total. The van der Waals surface area contributed by atoms with E-state index in [2.05, 4.69) is 4.98 Å². The molecule has 1 unspecified atom stereocenters. The number of nitrogens with one attached hydrogen (secondary N) is 1. The maximum Gasteiger partial charge on any atom is 0.355 e. The number of carbonyl (C=O) groups excluding carboxylic acids is 2. The number of ether oxygens (including phenoxy) is 1. The molecule has 138 valence electrons. The number of aromatic nitrogens is 1. The van der Waals surface area contributed by atoms with Gasteiger partial charge in [0.25, 0.3) is 5.91 Å². The van der Waals surface area contributed by atoms with Gasteiger partial charge in [0.15, 0.2) is 0 Å². The summed E-state index contributed by atoms with van der Waals surface area (Å²) < 4.78 is 18.6. The van der Waals surface area contributed by atoms with Crippen LogP contribution in [0.1, 0.15) is 57.9 Å². The second kappa shape index (κ2) is 6.94. The minimum Gasteiger partial charge on any atom is -0.461 e. The maximum absolute atomic E-state index is 13.6. The molecule has 1 aliphatic rings. The Morgan fingerprint density at radius 1 is 1.35 bits per heavy atom. The van der Waals surface area contributed by atoms with Gasteiger partial charge in [-0.3, -0.25) is 4.79 Å². The Hall–Kier alpha value is -2.63. The van der Waals surface area contributed by atoms with Crippen molar-refractivity contribution < 1.29 is 18.7 Å². The number of hydrogen-bond donors (Lipinski definition) is 1. The molecular formula is C20H23FN2O3. The van der Waals surface area contributed by atoms with Crippen LogP contribution >= 0.6 is 0 Å². The average Bonchev–Trinajstić information content (AvgIpc) is 2.89. The highest BCUT2D eigenvalue weighted by molar-refractivity contribution is 6.10. The number of anilines is 1. The quantitative estimate of drug-likeness (QED) is 0.846. The van der Waals surface area contributed by atoms with Crippen molar-refractivity contribution in [3.8, 4) is 0 Å². The predicted molar refractivity (Wildman–Crippen MR) is 97.2 cm³/mol. The first kappa shape index (κ1) is 18.2. The number of benzene rings is 1. The minimum atomic E-state index is -0.471. The molecule has 1 aliphatic heterocycles. The number of fused-ring (bicyclic) bond motifs is 1. The smallest absolute Gasteiger partial charge is 0.355 e. The van der Waals surface area contributed by atoms with Crippen LogP contribution in [0.15, 0.2) is 18.2 Å². The van der Waals surface area contributed by atoms with Crippen LogP contribution in [0.5, 0.6) is 0 Å². The summed E-state index contributed by atoms with van der Waals surface area (Å²) in [5.74, 6) is -0.961. The number of esters is 1. The van der Waals surface area contributed by atoms with Crippen LogP contribution in [0.2, 0.25) is 0 Å². The molecule has 2 heterocycles. The molecule has 0 bridgehead atoms. The lowest BCUT2D eigenvalue weighted by Crippen LogP contribution is -2.42. The van der Waals surface area contributed by atoms with Crippen molar-refractivity contribution in [1.29, 1.82) is 0 Å². The first-order valence-electron chi connectivity index (χ1n) is 8.83. The van der Waals surface area contributed by atoms with Gasteiger partial charge < -0.3 is 14.6 Å². The summed E-state index contributed by atoms with van der Waals surface area (Å²) in [6.07, 6.45) is 1.49. The van der Waals surface area contributed by atoms with Crippen molar-refractivity contribution in [3.05, 3.63) is 52.1 Å². The Morgan fingerprint density at radius 2 is 2.08 bits per heavy atom. The summed E-state index contributed by atoms with van der Waals surface area (Å²) in [5.41, 5.74) is 3.53. The highest BCUT2D eigenvalue weighted by Crippen LogP contribution is 2.34. The molecule has 1 aromatic heterocycles. The predicted octanol–water partition coefficient (Wildman–Crippen LogP) is 3.93. The molecule has 0 saturated carbocycles. The van der Waals surface area contributed by atoms with E-state index in [1.807, 2.05) is 6.92 Å². The molecule has 5 nitrogen and oxygen atoms in total. The first-order chi connectivity index (χ1) is 12.3. The average molecular weight is 358 g/mol. The van der Waals surface area contributed by atoms with Crippen LogP contribution in [0.3, 0.4) is 0 Å². The second-order valence-corrected chi connectivity index (χ2v) is 6.68. The first-order valence-corrected chi connectivity index (χ1v) is 8.83. The third-order valence-electron chi connectivity index (χ3n) is 4.92. The standard InChI is InChI=1S/C20H23FN2O3/c1-5-26-20(25)18-12(3)17(13(4)22-18)19(24)23-11(2)6-7-14-10-15(21)8-9-16(14)23/h8-11,22H,5-7H2,1-4H3. The largest absolute Gasteiger partial charge is 0.461 e. The highest BCUT2D eigenvalue weighted by Gasteiger charge is 2.33. The Bertz CT molecular complexity index is 872. The lowest BCUT2D eigenvalue weighted by molar-refractivity contribution is 0.0519. The maximum atomic E-state index is 13.6. The third-order valence-corrected chi connectivity index (χ3v) is 4.92. The summed E-state index contributed by atoms with van der Waals surface area (Å²) in [5, 5.41) is 0. The van der Waals surface area contributed by atoms with Gasteiger partial charge in [-0.15, -0.1) is 0 Å². The number of halogens is 1. The molecule has 6 heteroatoms. The van der Waals surface area contributed by atoms with E-state index in [1.54, 1.807) is 31.7 Å². The van der Waals surface area contributed by atoms with Crippen molar-refractivity contribution in [3.63, 3.8) is 0 Å². The fourth-order valence-electron chi connectivity index (χ4n) is 3.63. The Morgan fingerprint density at radius 3 is 2.77 bits per heavy atom. The van der Waals surface area contributed by atoms with Gasteiger partial charge in [-0.1, -0.05) is 0 Å². The van der Waals surface area contributed by atoms with E-state index in [4.69, 9.17) is 4.74 Å². The van der Waals surface area contributed by atoms with Crippen molar-refractivity contribution in [1.82, 2.24) is 4.98 Å².